The second kappa shape index (κ2) is 6.12. The van der Waals surface area contributed by atoms with Gasteiger partial charge in [0.25, 0.3) is 0 Å². The lowest BCUT2D eigenvalue weighted by Gasteiger charge is -2.15. The zero-order chi connectivity index (χ0) is 12.0. The molecule has 16 heavy (non-hydrogen) atoms. The van der Waals surface area contributed by atoms with Gasteiger partial charge in [0.1, 0.15) is 0 Å². The molecule has 0 radical (unpaired) electrons. The molecule has 0 aliphatic carbocycles. The molecule has 1 atom stereocenters. The molecule has 0 heterocycles. The van der Waals surface area contributed by atoms with Crippen LogP contribution in [-0.4, -0.2) is 23.7 Å². The predicted molar refractivity (Wildman–Crippen MR) is 67.4 cm³/mol. The molecule has 1 rings (SSSR count). The summed E-state index contributed by atoms with van der Waals surface area (Å²) in [5.41, 5.74) is 6.64. The van der Waals surface area contributed by atoms with Crippen LogP contribution in [0.2, 0.25) is 0 Å². The zero-order valence-electron chi connectivity index (χ0n) is 9.72. The molecule has 0 amide bonds. The van der Waals surface area contributed by atoms with Crippen LogP contribution < -0.4 is 11.1 Å². The van der Waals surface area contributed by atoms with Gasteiger partial charge in [0.05, 0.1) is 12.6 Å². The number of rotatable bonds is 4. The fourth-order valence-electron chi connectivity index (χ4n) is 1.28. The Morgan fingerprint density at radius 2 is 2.00 bits per heavy atom. The molecular formula is C12H19N3O. The summed E-state index contributed by atoms with van der Waals surface area (Å²) < 4.78 is 0. The highest BCUT2D eigenvalue weighted by Gasteiger charge is 2.10. The number of aliphatic imine (C=N–C) groups is 1. The number of benzene rings is 1. The van der Waals surface area contributed by atoms with E-state index >= 15 is 0 Å². The third-order valence-electron chi connectivity index (χ3n) is 2.31. The molecule has 0 bridgehead atoms. The highest BCUT2D eigenvalue weighted by atomic mass is 16.3. The van der Waals surface area contributed by atoms with Crippen molar-refractivity contribution in [1.29, 1.82) is 0 Å². The lowest BCUT2D eigenvalue weighted by Crippen LogP contribution is -2.28. The highest BCUT2D eigenvalue weighted by molar-refractivity contribution is 5.92. The first-order chi connectivity index (χ1) is 7.63. The smallest absolute Gasteiger partial charge is 0.193 e. The van der Waals surface area contributed by atoms with Crippen LogP contribution in [0, 0.1) is 5.92 Å². The lowest BCUT2D eigenvalue weighted by atomic mass is 10.1. The summed E-state index contributed by atoms with van der Waals surface area (Å²) in [4.78, 5) is 4.22. The van der Waals surface area contributed by atoms with Crippen LogP contribution in [0.4, 0.5) is 5.69 Å². The Hall–Kier alpha value is -1.55. The molecule has 0 unspecified atom stereocenters. The van der Waals surface area contributed by atoms with E-state index in [1.807, 2.05) is 44.2 Å². The number of nitrogens with one attached hydrogen (secondary N) is 1. The van der Waals surface area contributed by atoms with Gasteiger partial charge >= 0.3 is 0 Å². The standard InChI is InChI=1S/C12H19N3O/c1-9(2)11(8-16)15-12(13)14-10-6-4-3-5-7-10/h3-7,9,11,16H,8H2,1-2H3,(H3,13,14,15)/t11-/m1/s1. The minimum atomic E-state index is -0.156. The molecular weight excluding hydrogens is 202 g/mol. The van der Waals surface area contributed by atoms with Crippen molar-refractivity contribution in [2.75, 3.05) is 11.9 Å². The van der Waals surface area contributed by atoms with Gasteiger partial charge < -0.3 is 16.2 Å². The van der Waals surface area contributed by atoms with Gasteiger partial charge in [-0.2, -0.15) is 0 Å². The van der Waals surface area contributed by atoms with Gasteiger partial charge in [-0.1, -0.05) is 32.0 Å². The first kappa shape index (κ1) is 12.5. The van der Waals surface area contributed by atoms with Crippen LogP contribution in [0.25, 0.3) is 0 Å². The second-order valence-electron chi connectivity index (χ2n) is 4.00. The summed E-state index contributed by atoms with van der Waals surface area (Å²) in [6, 6.07) is 9.43. The van der Waals surface area contributed by atoms with Gasteiger partial charge in [0, 0.05) is 5.69 Å². The van der Waals surface area contributed by atoms with Crippen molar-refractivity contribution in [1.82, 2.24) is 0 Å². The minimum absolute atomic E-state index is 0.00877. The van der Waals surface area contributed by atoms with E-state index in [0.717, 1.165) is 5.69 Å². The Labute approximate surface area is 96.2 Å². The predicted octanol–water partition coefficient (Wildman–Crippen LogP) is 1.43. The number of guanidine groups is 1. The van der Waals surface area contributed by atoms with E-state index in [-0.39, 0.29) is 18.6 Å². The Balaban J connectivity index is 2.64. The molecule has 1 aromatic carbocycles. The van der Waals surface area contributed by atoms with Crippen LogP contribution in [0.5, 0.6) is 0 Å². The Morgan fingerprint density at radius 3 is 2.50 bits per heavy atom. The molecule has 88 valence electrons. The maximum absolute atomic E-state index is 9.12. The van der Waals surface area contributed by atoms with E-state index in [4.69, 9.17) is 10.8 Å². The molecule has 0 aliphatic heterocycles. The monoisotopic (exact) mass is 221 g/mol. The topological polar surface area (TPSA) is 70.6 Å². The summed E-state index contributed by atoms with van der Waals surface area (Å²) >= 11 is 0. The molecule has 0 aliphatic rings. The number of aliphatic hydroxyl groups is 1. The van der Waals surface area contributed by atoms with Crippen molar-refractivity contribution in [3.05, 3.63) is 30.3 Å². The molecule has 1 aromatic rings. The zero-order valence-corrected chi connectivity index (χ0v) is 9.72. The van der Waals surface area contributed by atoms with Crippen LogP contribution in [-0.2, 0) is 0 Å². The number of aliphatic hydroxyl groups excluding tert-OH is 1. The van der Waals surface area contributed by atoms with E-state index in [9.17, 15) is 0 Å². The van der Waals surface area contributed by atoms with E-state index in [2.05, 4.69) is 10.3 Å². The van der Waals surface area contributed by atoms with E-state index in [1.54, 1.807) is 0 Å². The quantitative estimate of drug-likeness (QED) is 0.532. The molecule has 4 N–H and O–H groups in total. The minimum Gasteiger partial charge on any atom is -0.394 e. The fourth-order valence-corrected chi connectivity index (χ4v) is 1.28. The van der Waals surface area contributed by atoms with Crippen LogP contribution in [0.15, 0.2) is 35.3 Å². The summed E-state index contributed by atoms with van der Waals surface area (Å²) in [7, 11) is 0. The summed E-state index contributed by atoms with van der Waals surface area (Å²) in [5.74, 6) is 0.597. The maximum Gasteiger partial charge on any atom is 0.193 e. The number of nitrogens with zero attached hydrogens (tertiary/aromatic N) is 1. The molecule has 0 spiro atoms. The number of hydrogen-bond acceptors (Lipinski definition) is 2. The number of anilines is 1. The van der Waals surface area contributed by atoms with Gasteiger partial charge in [-0.3, -0.25) is 0 Å². The molecule has 0 saturated carbocycles. The average molecular weight is 221 g/mol. The van der Waals surface area contributed by atoms with Crippen LogP contribution in [0.1, 0.15) is 13.8 Å². The third kappa shape index (κ3) is 3.90. The van der Waals surface area contributed by atoms with Crippen molar-refractivity contribution in [2.45, 2.75) is 19.9 Å². The fraction of sp³-hybridized carbons (Fsp3) is 0.417. The second-order valence-corrected chi connectivity index (χ2v) is 4.00. The Morgan fingerprint density at radius 1 is 1.38 bits per heavy atom. The van der Waals surface area contributed by atoms with Crippen molar-refractivity contribution < 1.29 is 5.11 Å². The molecule has 4 heteroatoms. The largest absolute Gasteiger partial charge is 0.394 e. The molecule has 4 nitrogen and oxygen atoms in total. The van der Waals surface area contributed by atoms with Crippen LogP contribution in [0.3, 0.4) is 0 Å². The molecule has 0 aromatic heterocycles. The number of nitrogens with two attached hydrogens (primary N) is 1. The summed E-state index contributed by atoms with van der Waals surface area (Å²) in [5, 5.41) is 12.1. The first-order valence-corrected chi connectivity index (χ1v) is 5.39. The van der Waals surface area contributed by atoms with E-state index in [1.165, 1.54) is 0 Å². The third-order valence-corrected chi connectivity index (χ3v) is 2.31. The van der Waals surface area contributed by atoms with Gasteiger partial charge in [-0.25, -0.2) is 4.99 Å². The molecule has 0 saturated heterocycles. The summed E-state index contributed by atoms with van der Waals surface area (Å²) in [6.45, 7) is 4.01. The van der Waals surface area contributed by atoms with Crippen molar-refractivity contribution in [3.8, 4) is 0 Å². The number of hydrogen-bond donors (Lipinski definition) is 3. The maximum atomic E-state index is 9.12. The van der Waals surface area contributed by atoms with Crippen LogP contribution >= 0.6 is 0 Å². The van der Waals surface area contributed by atoms with E-state index < -0.39 is 0 Å². The SMILES string of the molecule is CC(C)[C@@H](CO)N=C(N)Nc1ccccc1. The normalized spacial score (nSPS) is 13.9. The van der Waals surface area contributed by atoms with Gasteiger partial charge in [0.15, 0.2) is 5.96 Å². The first-order valence-electron chi connectivity index (χ1n) is 5.39. The molecule has 0 fully saturated rings. The van der Waals surface area contributed by atoms with Crippen molar-refractivity contribution in [3.63, 3.8) is 0 Å². The highest BCUT2D eigenvalue weighted by Crippen LogP contribution is 2.07. The van der Waals surface area contributed by atoms with Gasteiger partial charge in [-0.05, 0) is 18.1 Å². The number of para-hydroxylation sites is 1. The average Bonchev–Trinajstić information content (AvgIpc) is 2.27. The van der Waals surface area contributed by atoms with Crippen molar-refractivity contribution >= 4 is 11.6 Å². The van der Waals surface area contributed by atoms with Gasteiger partial charge in [-0.15, -0.1) is 0 Å². The van der Waals surface area contributed by atoms with E-state index in [0.29, 0.717) is 5.96 Å². The van der Waals surface area contributed by atoms with Gasteiger partial charge in [0.2, 0.25) is 0 Å². The lowest BCUT2D eigenvalue weighted by molar-refractivity contribution is 0.240. The Bertz CT molecular complexity index is 335. The summed E-state index contributed by atoms with van der Waals surface area (Å²) in [6.07, 6.45) is 0. The Kier molecular flexibility index (Phi) is 4.79. The van der Waals surface area contributed by atoms with Crippen molar-refractivity contribution in [2.24, 2.45) is 16.6 Å².